The summed E-state index contributed by atoms with van der Waals surface area (Å²) in [6, 6.07) is 6.11. The molecule has 0 bridgehead atoms. The molecular formula is C17H19N3O. The van der Waals surface area contributed by atoms with E-state index in [0.717, 1.165) is 39.8 Å². The molecular weight excluding hydrogens is 262 g/mol. The van der Waals surface area contributed by atoms with Crippen LogP contribution in [0.3, 0.4) is 0 Å². The van der Waals surface area contributed by atoms with Gasteiger partial charge >= 0.3 is 0 Å². The first-order chi connectivity index (χ1) is 10.1. The van der Waals surface area contributed by atoms with Crippen LogP contribution >= 0.6 is 0 Å². The number of aromatic nitrogens is 2. The van der Waals surface area contributed by atoms with Gasteiger partial charge in [-0.15, -0.1) is 0 Å². The smallest absolute Gasteiger partial charge is 0.147 e. The van der Waals surface area contributed by atoms with Crippen LogP contribution in [0, 0.1) is 13.8 Å². The standard InChI is InChI=1S/C17H19N3O/c1-10-8-11(2)19-16(10)12(3)17-15(21-4)9-14(20-17)13-6-5-7-18-13/h5-9,18-19H,1-4H3. The van der Waals surface area contributed by atoms with Crippen LogP contribution in [0.5, 0.6) is 0 Å². The zero-order valence-electron chi connectivity index (χ0n) is 12.7. The summed E-state index contributed by atoms with van der Waals surface area (Å²) in [7, 11) is 1.68. The Balaban J connectivity index is 2.10. The molecule has 0 spiro atoms. The maximum atomic E-state index is 5.50. The van der Waals surface area contributed by atoms with Crippen molar-refractivity contribution in [1.29, 1.82) is 0 Å². The zero-order chi connectivity index (χ0) is 15.0. The number of allylic oxidation sites excluding steroid dienone is 2. The third kappa shape index (κ3) is 2.33. The maximum Gasteiger partial charge on any atom is 0.147 e. The lowest BCUT2D eigenvalue weighted by atomic mass is 10.1. The Morgan fingerprint density at radius 3 is 2.67 bits per heavy atom. The molecule has 2 aromatic rings. The van der Waals surface area contributed by atoms with E-state index in [9.17, 15) is 0 Å². The molecule has 4 heteroatoms. The molecule has 3 heterocycles. The van der Waals surface area contributed by atoms with E-state index in [-0.39, 0.29) is 0 Å². The normalized spacial score (nSPS) is 16.8. The van der Waals surface area contributed by atoms with Gasteiger partial charge in [0.05, 0.1) is 18.5 Å². The topological polar surface area (TPSA) is 53.2 Å². The summed E-state index contributed by atoms with van der Waals surface area (Å²) in [4.78, 5) is 11.3. The van der Waals surface area contributed by atoms with Gasteiger partial charge in [-0.2, -0.15) is 0 Å². The molecule has 0 aromatic carbocycles. The second kappa shape index (κ2) is 5.13. The van der Waals surface area contributed by atoms with Gasteiger partial charge in [0, 0.05) is 29.2 Å². The molecule has 0 fully saturated rings. The summed E-state index contributed by atoms with van der Waals surface area (Å²) in [6.45, 7) is 6.23. The second-order valence-electron chi connectivity index (χ2n) is 5.28. The molecule has 108 valence electrons. The van der Waals surface area contributed by atoms with Crippen LogP contribution in [-0.4, -0.2) is 22.8 Å². The molecule has 21 heavy (non-hydrogen) atoms. The highest BCUT2D eigenvalue weighted by Gasteiger charge is 2.21. The lowest BCUT2D eigenvalue weighted by Gasteiger charge is -2.07. The predicted molar refractivity (Wildman–Crippen MR) is 85.3 cm³/mol. The number of nitrogens with one attached hydrogen (secondary N) is 2. The molecule has 0 aliphatic carbocycles. The number of aromatic amines is 2. The molecule has 3 rings (SSSR count). The number of aliphatic imine (C=N–C) groups is 1. The van der Waals surface area contributed by atoms with Gasteiger partial charge in [-0.05, 0) is 44.5 Å². The largest absolute Gasteiger partial charge is 0.494 e. The van der Waals surface area contributed by atoms with E-state index in [0.29, 0.717) is 0 Å². The van der Waals surface area contributed by atoms with E-state index < -0.39 is 0 Å². The molecule has 0 radical (unpaired) electrons. The van der Waals surface area contributed by atoms with Gasteiger partial charge in [0.1, 0.15) is 11.5 Å². The minimum Gasteiger partial charge on any atom is -0.494 e. The van der Waals surface area contributed by atoms with E-state index in [1.807, 2.05) is 24.4 Å². The fourth-order valence-corrected chi connectivity index (χ4v) is 2.69. The van der Waals surface area contributed by atoms with Crippen LogP contribution in [-0.2, 0) is 4.74 Å². The van der Waals surface area contributed by atoms with Crippen LogP contribution < -0.4 is 0 Å². The number of nitrogens with zero attached hydrogens (tertiary/aromatic N) is 1. The van der Waals surface area contributed by atoms with Crippen molar-refractivity contribution in [3.05, 3.63) is 64.6 Å². The fourth-order valence-electron chi connectivity index (χ4n) is 2.69. The van der Waals surface area contributed by atoms with Crippen LogP contribution in [0.25, 0.3) is 5.57 Å². The Hall–Kier alpha value is -2.49. The first kappa shape index (κ1) is 13.5. The average molecular weight is 281 g/mol. The van der Waals surface area contributed by atoms with Gasteiger partial charge in [0.25, 0.3) is 0 Å². The van der Waals surface area contributed by atoms with Gasteiger partial charge in [0.15, 0.2) is 0 Å². The molecule has 0 saturated heterocycles. The molecule has 0 saturated carbocycles. The summed E-state index contributed by atoms with van der Waals surface area (Å²) >= 11 is 0. The summed E-state index contributed by atoms with van der Waals surface area (Å²) in [5.74, 6) is 0.795. The Morgan fingerprint density at radius 1 is 1.29 bits per heavy atom. The third-order valence-electron chi connectivity index (χ3n) is 3.71. The number of rotatable bonds is 3. The van der Waals surface area contributed by atoms with Crippen molar-refractivity contribution in [3.8, 4) is 0 Å². The Bertz CT molecular complexity index is 758. The van der Waals surface area contributed by atoms with Crippen molar-refractivity contribution in [3.63, 3.8) is 0 Å². The van der Waals surface area contributed by atoms with Crippen molar-refractivity contribution in [2.45, 2.75) is 20.8 Å². The highest BCUT2D eigenvalue weighted by atomic mass is 16.5. The highest BCUT2D eigenvalue weighted by molar-refractivity contribution is 6.11. The first-order valence-electron chi connectivity index (χ1n) is 6.96. The molecule has 4 nitrogen and oxygen atoms in total. The number of H-pyrrole nitrogens is 2. The lowest BCUT2D eigenvalue weighted by Crippen LogP contribution is -1.93. The van der Waals surface area contributed by atoms with E-state index in [1.54, 1.807) is 7.11 Å². The van der Waals surface area contributed by atoms with Crippen molar-refractivity contribution in [1.82, 2.24) is 9.97 Å². The minimum atomic E-state index is 0.795. The lowest BCUT2D eigenvalue weighted by molar-refractivity contribution is 0.302. The van der Waals surface area contributed by atoms with E-state index in [2.05, 4.69) is 36.8 Å². The molecule has 0 amide bonds. The van der Waals surface area contributed by atoms with Crippen LogP contribution in [0.1, 0.15) is 29.6 Å². The molecule has 1 aliphatic heterocycles. The summed E-state index contributed by atoms with van der Waals surface area (Å²) < 4.78 is 5.50. The molecule has 0 atom stereocenters. The maximum absolute atomic E-state index is 5.50. The quantitative estimate of drug-likeness (QED) is 0.885. The van der Waals surface area contributed by atoms with Crippen LogP contribution in [0.2, 0.25) is 0 Å². The Kier molecular flexibility index (Phi) is 3.29. The monoisotopic (exact) mass is 281 g/mol. The third-order valence-corrected chi connectivity index (χ3v) is 3.71. The molecule has 2 aromatic heterocycles. The first-order valence-corrected chi connectivity index (χ1v) is 6.96. The van der Waals surface area contributed by atoms with Gasteiger partial charge < -0.3 is 14.7 Å². The second-order valence-corrected chi connectivity index (χ2v) is 5.28. The predicted octanol–water partition coefficient (Wildman–Crippen LogP) is 3.72. The van der Waals surface area contributed by atoms with Crippen molar-refractivity contribution < 1.29 is 4.74 Å². The summed E-state index contributed by atoms with van der Waals surface area (Å²) in [5, 5.41) is 0. The van der Waals surface area contributed by atoms with Crippen LogP contribution in [0.4, 0.5) is 0 Å². The van der Waals surface area contributed by atoms with Crippen molar-refractivity contribution in [2.24, 2.45) is 4.99 Å². The van der Waals surface area contributed by atoms with Gasteiger partial charge in [0.2, 0.25) is 0 Å². The van der Waals surface area contributed by atoms with Gasteiger partial charge in [-0.3, -0.25) is 0 Å². The number of aryl methyl sites for hydroxylation is 2. The number of ether oxygens (including phenoxy) is 1. The molecule has 1 aliphatic rings. The van der Waals surface area contributed by atoms with E-state index in [1.165, 1.54) is 5.56 Å². The number of methoxy groups -OCH3 is 1. The van der Waals surface area contributed by atoms with Gasteiger partial charge in [-0.25, -0.2) is 4.99 Å². The zero-order valence-corrected chi connectivity index (χ0v) is 12.7. The SMILES string of the molecule is COC1=CC(c2ccc[nH]2)=NC1=C(C)c1[nH]c(C)cc1C. The Labute approximate surface area is 124 Å². The van der Waals surface area contributed by atoms with Crippen molar-refractivity contribution in [2.75, 3.05) is 7.11 Å². The minimum absolute atomic E-state index is 0.795. The highest BCUT2D eigenvalue weighted by Crippen LogP contribution is 2.31. The summed E-state index contributed by atoms with van der Waals surface area (Å²) in [5.41, 5.74) is 7.34. The number of hydrogen-bond acceptors (Lipinski definition) is 2. The average Bonchev–Trinajstić information content (AvgIpc) is 3.16. The van der Waals surface area contributed by atoms with E-state index >= 15 is 0 Å². The van der Waals surface area contributed by atoms with Crippen molar-refractivity contribution >= 4 is 11.3 Å². The van der Waals surface area contributed by atoms with Crippen LogP contribution in [0.15, 0.2) is 46.9 Å². The molecule has 2 N–H and O–H groups in total. The summed E-state index contributed by atoms with van der Waals surface area (Å²) in [6.07, 6.45) is 3.86. The number of hydrogen-bond donors (Lipinski definition) is 2. The Morgan fingerprint density at radius 2 is 2.10 bits per heavy atom. The van der Waals surface area contributed by atoms with E-state index in [4.69, 9.17) is 9.73 Å². The molecule has 0 unspecified atom stereocenters. The fraction of sp³-hybridized carbons (Fsp3) is 0.235. The van der Waals surface area contributed by atoms with Gasteiger partial charge in [-0.1, -0.05) is 0 Å².